The monoisotopic (exact) mass is 455 g/mol. The van der Waals surface area contributed by atoms with E-state index in [-0.39, 0.29) is 18.0 Å². The second-order valence-electron chi connectivity index (χ2n) is 8.53. The van der Waals surface area contributed by atoms with E-state index in [9.17, 15) is 18.0 Å². The van der Waals surface area contributed by atoms with Crippen molar-refractivity contribution in [3.05, 3.63) is 83.4 Å². The Hall–Kier alpha value is -2.90. The molecule has 4 nitrogen and oxygen atoms in total. The molecule has 2 N–H and O–H groups in total. The number of benzene rings is 3. The van der Waals surface area contributed by atoms with Gasteiger partial charge < -0.3 is 10.6 Å². The average Bonchev–Trinajstić information content (AvgIpc) is 3.20. The van der Waals surface area contributed by atoms with E-state index >= 15 is 0 Å². The van der Waals surface area contributed by atoms with Gasteiger partial charge in [-0.3, -0.25) is 9.69 Å². The first-order valence-corrected chi connectivity index (χ1v) is 11.2. The molecule has 0 unspecified atom stereocenters. The predicted molar refractivity (Wildman–Crippen MR) is 124 cm³/mol. The van der Waals surface area contributed by atoms with Crippen molar-refractivity contribution in [3.8, 4) is 0 Å². The highest BCUT2D eigenvalue weighted by Gasteiger charge is 2.36. The minimum atomic E-state index is -4.33. The first kappa shape index (κ1) is 23.3. The fourth-order valence-corrected chi connectivity index (χ4v) is 4.44. The fourth-order valence-electron chi connectivity index (χ4n) is 4.44. The summed E-state index contributed by atoms with van der Waals surface area (Å²) in [5, 5.41) is 8.71. The lowest BCUT2D eigenvalue weighted by atomic mass is 10.1. The normalized spacial score (nSPS) is 19.2. The Balaban J connectivity index is 1.43. The number of nitrogens with zero attached hydrogens (tertiary/aromatic N) is 1. The van der Waals surface area contributed by atoms with Crippen molar-refractivity contribution in [2.75, 3.05) is 13.1 Å². The third-order valence-electron chi connectivity index (χ3n) is 6.13. The molecule has 1 aliphatic rings. The lowest BCUT2D eigenvalue weighted by Crippen LogP contribution is -2.42. The molecule has 1 aliphatic heterocycles. The molecular weight excluding hydrogens is 427 g/mol. The Bertz CT molecular complexity index is 1100. The zero-order chi connectivity index (χ0) is 23.4. The second kappa shape index (κ2) is 9.93. The molecule has 1 heterocycles. The van der Waals surface area contributed by atoms with Crippen LogP contribution in [0.4, 0.5) is 13.2 Å². The summed E-state index contributed by atoms with van der Waals surface area (Å²) in [6.07, 6.45) is -3.68. The van der Waals surface area contributed by atoms with Crippen LogP contribution < -0.4 is 10.6 Å². The van der Waals surface area contributed by atoms with E-state index in [2.05, 4.69) is 45.9 Å². The molecule has 3 aromatic carbocycles. The molecule has 1 saturated heterocycles. The molecule has 3 aromatic rings. The molecule has 7 heteroatoms. The Morgan fingerprint density at radius 3 is 2.39 bits per heavy atom. The van der Waals surface area contributed by atoms with Gasteiger partial charge >= 0.3 is 6.18 Å². The fraction of sp³-hybridized carbons (Fsp3) is 0.346. The summed E-state index contributed by atoms with van der Waals surface area (Å²) < 4.78 is 38.3. The highest BCUT2D eigenvalue weighted by atomic mass is 19.4. The molecule has 174 valence electrons. The van der Waals surface area contributed by atoms with Gasteiger partial charge in [0.15, 0.2) is 0 Å². The van der Waals surface area contributed by atoms with E-state index in [0.29, 0.717) is 32.6 Å². The Morgan fingerprint density at radius 1 is 1.00 bits per heavy atom. The SMILES string of the molecule is CCNC(=O)[C@@H]1C[C@@H](NCc2ccc(C(F)(F)F)cc2)CN1Cc1ccc2ccccc2c1. The van der Waals surface area contributed by atoms with Crippen LogP contribution in [0.15, 0.2) is 66.7 Å². The lowest BCUT2D eigenvalue weighted by molar-refractivity contribution is -0.137. The zero-order valence-corrected chi connectivity index (χ0v) is 18.5. The molecule has 1 fully saturated rings. The second-order valence-corrected chi connectivity index (χ2v) is 8.53. The molecule has 33 heavy (non-hydrogen) atoms. The molecule has 4 rings (SSSR count). The number of nitrogens with one attached hydrogen (secondary N) is 2. The van der Waals surface area contributed by atoms with Crippen LogP contribution in [-0.4, -0.2) is 36.0 Å². The van der Waals surface area contributed by atoms with Gasteiger partial charge in [-0.25, -0.2) is 0 Å². The third kappa shape index (κ3) is 5.72. The minimum absolute atomic E-state index is 0.0112. The number of hydrogen-bond donors (Lipinski definition) is 2. The standard InChI is InChI=1S/C26H28F3N3O/c1-2-30-25(33)24-14-23(31-15-18-8-11-22(12-9-18)26(27,28)29)17-32(24)16-19-7-10-20-5-3-4-6-21(20)13-19/h3-13,23-24,31H,2,14-17H2,1H3,(H,30,33)/t23-,24+/m1/s1. The van der Waals surface area contributed by atoms with Crippen molar-refractivity contribution < 1.29 is 18.0 Å². The maximum Gasteiger partial charge on any atom is 0.416 e. The Morgan fingerprint density at radius 2 is 1.70 bits per heavy atom. The Labute approximate surface area is 191 Å². The number of halogens is 3. The highest BCUT2D eigenvalue weighted by molar-refractivity contribution is 5.83. The van der Waals surface area contributed by atoms with Gasteiger partial charge in [-0.15, -0.1) is 0 Å². The van der Waals surface area contributed by atoms with Gasteiger partial charge in [-0.1, -0.05) is 48.5 Å². The Kier molecular flexibility index (Phi) is 7.00. The quantitative estimate of drug-likeness (QED) is 0.542. The van der Waals surface area contributed by atoms with Crippen LogP contribution in [0.1, 0.15) is 30.0 Å². The van der Waals surface area contributed by atoms with Crippen molar-refractivity contribution in [2.24, 2.45) is 0 Å². The van der Waals surface area contributed by atoms with Crippen LogP contribution in [0.25, 0.3) is 10.8 Å². The van der Waals surface area contributed by atoms with Gasteiger partial charge in [-0.05, 0) is 53.4 Å². The topological polar surface area (TPSA) is 44.4 Å². The average molecular weight is 456 g/mol. The molecule has 0 aliphatic carbocycles. The van der Waals surface area contributed by atoms with Crippen molar-refractivity contribution in [1.29, 1.82) is 0 Å². The van der Waals surface area contributed by atoms with E-state index in [1.54, 1.807) is 0 Å². The van der Waals surface area contributed by atoms with Crippen molar-refractivity contribution in [1.82, 2.24) is 15.5 Å². The number of amides is 1. The summed E-state index contributed by atoms with van der Waals surface area (Å²) in [6, 6.07) is 19.6. The first-order chi connectivity index (χ1) is 15.8. The van der Waals surface area contributed by atoms with Gasteiger partial charge in [-0.2, -0.15) is 13.2 Å². The number of carbonyl (C=O) groups is 1. The predicted octanol–water partition coefficient (Wildman–Crippen LogP) is 4.73. The van der Waals surface area contributed by atoms with E-state index in [1.807, 2.05) is 19.1 Å². The lowest BCUT2D eigenvalue weighted by Gasteiger charge is -2.23. The molecule has 0 aromatic heterocycles. The summed E-state index contributed by atoms with van der Waals surface area (Å²) in [7, 11) is 0. The maximum absolute atomic E-state index is 12.8. The van der Waals surface area contributed by atoms with Crippen molar-refractivity contribution >= 4 is 16.7 Å². The molecule has 0 radical (unpaired) electrons. The molecule has 0 spiro atoms. The number of alkyl halides is 3. The number of fused-ring (bicyclic) bond motifs is 1. The summed E-state index contributed by atoms with van der Waals surface area (Å²) >= 11 is 0. The van der Waals surface area contributed by atoms with Gasteiger partial charge in [0.05, 0.1) is 11.6 Å². The van der Waals surface area contributed by atoms with E-state index < -0.39 is 11.7 Å². The molecule has 0 saturated carbocycles. The van der Waals surface area contributed by atoms with E-state index in [4.69, 9.17) is 0 Å². The highest BCUT2D eigenvalue weighted by Crippen LogP contribution is 2.29. The van der Waals surface area contributed by atoms with E-state index in [1.165, 1.54) is 22.9 Å². The van der Waals surface area contributed by atoms with Gasteiger partial charge in [0.1, 0.15) is 0 Å². The molecular formula is C26H28F3N3O. The number of hydrogen-bond acceptors (Lipinski definition) is 3. The number of carbonyl (C=O) groups excluding carboxylic acids is 1. The van der Waals surface area contributed by atoms with Gasteiger partial charge in [0, 0.05) is 32.2 Å². The van der Waals surface area contributed by atoms with Crippen LogP contribution in [0.3, 0.4) is 0 Å². The summed E-state index contributed by atoms with van der Waals surface area (Å²) in [5.41, 5.74) is 1.28. The summed E-state index contributed by atoms with van der Waals surface area (Å²) in [4.78, 5) is 14.9. The van der Waals surface area contributed by atoms with Crippen LogP contribution in [0.2, 0.25) is 0 Å². The van der Waals surface area contributed by atoms with Crippen LogP contribution in [0.5, 0.6) is 0 Å². The zero-order valence-electron chi connectivity index (χ0n) is 18.5. The largest absolute Gasteiger partial charge is 0.416 e. The van der Waals surface area contributed by atoms with Crippen molar-refractivity contribution in [3.63, 3.8) is 0 Å². The van der Waals surface area contributed by atoms with Gasteiger partial charge in [0.25, 0.3) is 0 Å². The smallest absolute Gasteiger partial charge is 0.355 e. The number of likely N-dealkylation sites (tertiary alicyclic amines) is 1. The van der Waals surface area contributed by atoms with E-state index in [0.717, 1.165) is 23.3 Å². The van der Waals surface area contributed by atoms with Crippen LogP contribution >= 0.6 is 0 Å². The molecule has 0 bridgehead atoms. The third-order valence-corrected chi connectivity index (χ3v) is 6.13. The number of likely N-dealkylation sites (N-methyl/N-ethyl adjacent to an activating group) is 1. The number of rotatable bonds is 7. The summed E-state index contributed by atoms with van der Waals surface area (Å²) in [5.74, 6) is 0.0112. The maximum atomic E-state index is 12.8. The minimum Gasteiger partial charge on any atom is -0.355 e. The summed E-state index contributed by atoms with van der Waals surface area (Å²) in [6.45, 7) is 4.28. The van der Waals surface area contributed by atoms with Gasteiger partial charge in [0.2, 0.25) is 5.91 Å². The van der Waals surface area contributed by atoms with Crippen LogP contribution in [-0.2, 0) is 24.1 Å². The molecule has 1 amide bonds. The van der Waals surface area contributed by atoms with Crippen LogP contribution in [0, 0.1) is 0 Å². The van der Waals surface area contributed by atoms with Crippen molar-refractivity contribution in [2.45, 2.75) is 44.7 Å². The first-order valence-electron chi connectivity index (χ1n) is 11.2. The molecule has 2 atom stereocenters.